The number of allylic oxidation sites excluding steroid dienone is 1. The molecule has 0 bridgehead atoms. The van der Waals surface area contributed by atoms with Crippen LogP contribution in [0, 0.1) is 0 Å². The number of hydrogen-bond donors (Lipinski definition) is 2. The Labute approximate surface area is 198 Å². The molecule has 0 saturated carbocycles. The van der Waals surface area contributed by atoms with Crippen molar-refractivity contribution in [2.45, 2.75) is 31.1 Å². The molecule has 172 valence electrons. The van der Waals surface area contributed by atoms with Crippen molar-refractivity contribution in [3.63, 3.8) is 0 Å². The van der Waals surface area contributed by atoms with E-state index in [4.69, 9.17) is 11.6 Å². The van der Waals surface area contributed by atoms with Crippen LogP contribution in [0.2, 0.25) is 5.02 Å². The highest BCUT2D eigenvalue weighted by Crippen LogP contribution is 2.41. The topological polar surface area (TPSA) is 43.4 Å². The fourth-order valence-corrected chi connectivity index (χ4v) is 4.77. The van der Waals surface area contributed by atoms with Gasteiger partial charge in [0.2, 0.25) is 0 Å². The number of nitrogens with zero attached hydrogens (tertiary/aromatic N) is 3. The summed E-state index contributed by atoms with van der Waals surface area (Å²) in [7, 11) is 5.85. The maximum atomic E-state index is 6.33. The normalized spacial score (nSPS) is 15.8. The Morgan fingerprint density at radius 2 is 1.88 bits per heavy atom. The third kappa shape index (κ3) is 5.28. The summed E-state index contributed by atoms with van der Waals surface area (Å²) in [4.78, 5) is 9.12. The Hall–Kier alpha value is -2.50. The molecule has 5 nitrogen and oxygen atoms in total. The number of nitrogens with one attached hydrogen (secondary N) is 2. The first kappa shape index (κ1) is 24.1. The average molecular weight is 454 g/mol. The SMILES string of the molecule is C=CN(C)c1ncc(CCCN2CCC(C=C)(c3cc(Cl)ccc3NC)CC2)cc1NC. The number of anilines is 3. The van der Waals surface area contributed by atoms with Gasteiger partial charge in [0.15, 0.2) is 5.82 Å². The quantitative estimate of drug-likeness (QED) is 0.461. The first-order valence-corrected chi connectivity index (χ1v) is 11.7. The molecule has 0 radical (unpaired) electrons. The summed E-state index contributed by atoms with van der Waals surface area (Å²) >= 11 is 6.33. The first-order valence-electron chi connectivity index (χ1n) is 11.3. The molecule has 0 amide bonds. The minimum atomic E-state index is -0.0294. The number of benzene rings is 1. The van der Waals surface area contributed by atoms with Crippen molar-refractivity contribution in [3.05, 3.63) is 72.0 Å². The second kappa shape index (κ2) is 10.9. The van der Waals surface area contributed by atoms with E-state index >= 15 is 0 Å². The Morgan fingerprint density at radius 3 is 2.50 bits per heavy atom. The molecular weight excluding hydrogens is 418 g/mol. The number of aromatic nitrogens is 1. The molecule has 1 fully saturated rings. The largest absolute Gasteiger partial charge is 0.388 e. The van der Waals surface area contributed by atoms with E-state index in [2.05, 4.69) is 58.0 Å². The van der Waals surface area contributed by atoms with Gasteiger partial charge in [-0.3, -0.25) is 0 Å². The summed E-state index contributed by atoms with van der Waals surface area (Å²) in [5.74, 6) is 0.894. The van der Waals surface area contributed by atoms with Gasteiger partial charge in [0, 0.05) is 43.5 Å². The molecule has 6 heteroatoms. The molecule has 0 spiro atoms. The van der Waals surface area contributed by atoms with Gasteiger partial charge in [-0.15, -0.1) is 6.58 Å². The van der Waals surface area contributed by atoms with E-state index in [1.165, 1.54) is 11.1 Å². The molecule has 2 N–H and O–H groups in total. The molecule has 0 atom stereocenters. The summed E-state index contributed by atoms with van der Waals surface area (Å²) in [5.41, 5.74) is 4.66. The van der Waals surface area contributed by atoms with E-state index in [9.17, 15) is 0 Å². The van der Waals surface area contributed by atoms with Crippen molar-refractivity contribution >= 4 is 28.8 Å². The molecule has 2 aromatic rings. The third-order valence-electron chi connectivity index (χ3n) is 6.67. The molecule has 3 rings (SSSR count). The molecule has 0 unspecified atom stereocenters. The molecule has 1 saturated heterocycles. The fourth-order valence-electron chi connectivity index (χ4n) is 4.60. The maximum absolute atomic E-state index is 6.33. The van der Waals surface area contributed by atoms with Crippen LogP contribution in [0.1, 0.15) is 30.4 Å². The predicted octanol–water partition coefficient (Wildman–Crippen LogP) is 5.55. The van der Waals surface area contributed by atoms with Gasteiger partial charge in [0.05, 0.1) is 5.69 Å². The Balaban J connectivity index is 1.58. The van der Waals surface area contributed by atoms with Gasteiger partial charge in [-0.2, -0.15) is 0 Å². The standard InChI is InChI=1S/C26H36ClN5/c1-6-26(22-18-21(27)10-11-23(22)28-3)12-15-32(16-13-26)14-8-9-20-17-24(29-4)25(30-19-20)31(5)7-2/h6-7,10-11,17-19,28-29H,1-2,8-9,12-16H2,3-5H3. The molecular formula is C26H36ClN5. The van der Waals surface area contributed by atoms with Crippen LogP contribution in [0.5, 0.6) is 0 Å². The lowest BCUT2D eigenvalue weighted by molar-refractivity contribution is 0.182. The van der Waals surface area contributed by atoms with E-state index in [-0.39, 0.29) is 5.41 Å². The zero-order valence-corrected chi connectivity index (χ0v) is 20.4. The highest BCUT2D eigenvalue weighted by molar-refractivity contribution is 6.30. The maximum Gasteiger partial charge on any atom is 0.155 e. The summed E-state index contributed by atoms with van der Waals surface area (Å²) in [6.45, 7) is 11.2. The van der Waals surface area contributed by atoms with E-state index in [0.717, 1.165) is 67.5 Å². The van der Waals surface area contributed by atoms with Gasteiger partial charge in [-0.25, -0.2) is 4.98 Å². The lowest BCUT2D eigenvalue weighted by Crippen LogP contribution is -2.42. The Morgan fingerprint density at radius 1 is 1.16 bits per heavy atom. The highest BCUT2D eigenvalue weighted by Gasteiger charge is 2.35. The number of rotatable bonds is 10. The molecule has 1 aliphatic heterocycles. The van der Waals surface area contributed by atoms with E-state index in [1.807, 2.05) is 38.3 Å². The minimum Gasteiger partial charge on any atom is -0.388 e. The van der Waals surface area contributed by atoms with Gasteiger partial charge in [-0.05, 0) is 86.9 Å². The molecule has 1 aliphatic rings. The second-order valence-corrected chi connectivity index (χ2v) is 8.94. The summed E-state index contributed by atoms with van der Waals surface area (Å²) in [5, 5.41) is 7.36. The van der Waals surface area contributed by atoms with E-state index < -0.39 is 0 Å². The Bertz CT molecular complexity index is 934. The fraction of sp³-hybridized carbons (Fsp3) is 0.423. The summed E-state index contributed by atoms with van der Waals surface area (Å²) in [6, 6.07) is 8.31. The number of hydrogen-bond acceptors (Lipinski definition) is 5. The van der Waals surface area contributed by atoms with Crippen LogP contribution < -0.4 is 15.5 Å². The lowest BCUT2D eigenvalue weighted by atomic mass is 9.72. The zero-order valence-electron chi connectivity index (χ0n) is 19.6. The monoisotopic (exact) mass is 453 g/mol. The molecule has 2 heterocycles. The summed E-state index contributed by atoms with van der Waals surface area (Å²) in [6.07, 6.45) is 10.1. The minimum absolute atomic E-state index is 0.0294. The van der Waals surface area contributed by atoms with Crippen molar-refractivity contribution in [1.29, 1.82) is 0 Å². The van der Waals surface area contributed by atoms with Crippen LogP contribution in [0.3, 0.4) is 0 Å². The van der Waals surface area contributed by atoms with Gasteiger partial charge in [-0.1, -0.05) is 24.3 Å². The summed E-state index contributed by atoms with van der Waals surface area (Å²) < 4.78 is 0. The van der Waals surface area contributed by atoms with Gasteiger partial charge in [0.25, 0.3) is 0 Å². The molecule has 32 heavy (non-hydrogen) atoms. The third-order valence-corrected chi connectivity index (χ3v) is 6.90. The molecule has 1 aromatic heterocycles. The van der Waals surface area contributed by atoms with E-state index in [0.29, 0.717) is 0 Å². The lowest BCUT2D eigenvalue weighted by Gasteiger charge is -2.41. The average Bonchev–Trinajstić information content (AvgIpc) is 2.84. The Kier molecular flexibility index (Phi) is 8.21. The van der Waals surface area contributed by atoms with Crippen LogP contribution >= 0.6 is 11.6 Å². The van der Waals surface area contributed by atoms with Crippen LogP contribution in [0.15, 0.2) is 55.9 Å². The van der Waals surface area contributed by atoms with Crippen LogP contribution in [0.25, 0.3) is 0 Å². The van der Waals surface area contributed by atoms with Crippen LogP contribution in [-0.2, 0) is 11.8 Å². The second-order valence-electron chi connectivity index (χ2n) is 8.50. The number of likely N-dealkylation sites (tertiary alicyclic amines) is 1. The zero-order chi connectivity index (χ0) is 23.1. The van der Waals surface area contributed by atoms with Crippen molar-refractivity contribution in [3.8, 4) is 0 Å². The molecule has 1 aromatic carbocycles. The number of aryl methyl sites for hydroxylation is 1. The smallest absolute Gasteiger partial charge is 0.155 e. The predicted molar refractivity (Wildman–Crippen MR) is 139 cm³/mol. The number of pyridine rings is 1. The number of halogens is 1. The van der Waals surface area contributed by atoms with Crippen molar-refractivity contribution in [2.24, 2.45) is 0 Å². The van der Waals surface area contributed by atoms with Crippen molar-refractivity contribution in [2.75, 3.05) is 56.3 Å². The van der Waals surface area contributed by atoms with E-state index in [1.54, 1.807) is 6.20 Å². The van der Waals surface area contributed by atoms with Crippen molar-refractivity contribution < 1.29 is 0 Å². The van der Waals surface area contributed by atoms with Crippen molar-refractivity contribution in [1.82, 2.24) is 9.88 Å². The number of piperidine rings is 1. The highest BCUT2D eigenvalue weighted by atomic mass is 35.5. The van der Waals surface area contributed by atoms with Gasteiger partial charge < -0.3 is 20.4 Å². The van der Waals surface area contributed by atoms with Crippen LogP contribution in [-0.4, -0.2) is 50.7 Å². The van der Waals surface area contributed by atoms with Gasteiger partial charge >= 0.3 is 0 Å². The van der Waals surface area contributed by atoms with Gasteiger partial charge in [0.1, 0.15) is 0 Å². The first-order chi connectivity index (χ1) is 15.5. The molecule has 0 aliphatic carbocycles. The van der Waals surface area contributed by atoms with Crippen LogP contribution in [0.4, 0.5) is 17.2 Å².